The van der Waals surface area contributed by atoms with Crippen LogP contribution in [-0.2, 0) is 0 Å². The molecule has 1 saturated carbocycles. The van der Waals surface area contributed by atoms with Crippen molar-refractivity contribution >= 4 is 21.8 Å². The number of halogens is 1. The Morgan fingerprint density at radius 2 is 2.18 bits per heavy atom. The summed E-state index contributed by atoms with van der Waals surface area (Å²) in [4.78, 5) is 16.0. The molecule has 17 heavy (non-hydrogen) atoms. The first-order chi connectivity index (χ1) is 8.09. The molecular weight excluding hydrogens is 280 g/mol. The minimum absolute atomic E-state index is 0.0781. The summed E-state index contributed by atoms with van der Waals surface area (Å²) in [5, 5.41) is 2.98. The van der Waals surface area contributed by atoms with Gasteiger partial charge in [0.15, 0.2) is 0 Å². The molecule has 92 valence electrons. The fourth-order valence-electron chi connectivity index (χ4n) is 2.30. The molecule has 2 rings (SSSR count). The summed E-state index contributed by atoms with van der Waals surface area (Å²) in [7, 11) is 0. The van der Waals surface area contributed by atoms with E-state index in [1.165, 1.54) is 25.7 Å². The van der Waals surface area contributed by atoms with Gasteiger partial charge in [-0.3, -0.25) is 4.79 Å². The first kappa shape index (κ1) is 12.6. The Hall–Kier alpha value is -0.900. The van der Waals surface area contributed by atoms with Crippen molar-refractivity contribution in [3.63, 3.8) is 0 Å². The van der Waals surface area contributed by atoms with E-state index in [1.54, 1.807) is 12.3 Å². The fraction of sp³-hybridized carbons (Fsp3) is 0.538. The topological polar surface area (TPSA) is 42.0 Å². The molecule has 0 spiro atoms. The fourth-order valence-corrected chi connectivity index (χ4v) is 2.53. The van der Waals surface area contributed by atoms with Crippen molar-refractivity contribution in [2.75, 3.05) is 6.54 Å². The van der Waals surface area contributed by atoms with Crippen LogP contribution < -0.4 is 5.32 Å². The second kappa shape index (κ2) is 5.17. The van der Waals surface area contributed by atoms with Gasteiger partial charge in [0.1, 0.15) is 5.69 Å². The van der Waals surface area contributed by atoms with Crippen molar-refractivity contribution in [1.82, 2.24) is 10.3 Å². The number of hydrogen-bond acceptors (Lipinski definition) is 2. The Balaban J connectivity index is 1.91. The van der Waals surface area contributed by atoms with E-state index in [4.69, 9.17) is 0 Å². The Morgan fingerprint density at radius 1 is 1.47 bits per heavy atom. The molecule has 1 aromatic heterocycles. The van der Waals surface area contributed by atoms with Gasteiger partial charge in [-0.2, -0.15) is 0 Å². The summed E-state index contributed by atoms with van der Waals surface area (Å²) in [6, 6.07) is 3.57. The summed E-state index contributed by atoms with van der Waals surface area (Å²) in [5.41, 5.74) is 0.764. The van der Waals surface area contributed by atoms with Crippen molar-refractivity contribution < 1.29 is 4.79 Å². The van der Waals surface area contributed by atoms with Gasteiger partial charge in [0.25, 0.3) is 5.91 Å². The van der Waals surface area contributed by atoms with E-state index in [9.17, 15) is 4.79 Å². The van der Waals surface area contributed by atoms with Crippen LogP contribution in [-0.4, -0.2) is 17.4 Å². The maximum absolute atomic E-state index is 11.9. The number of carbonyl (C=O) groups excluding carboxylic acids is 1. The maximum atomic E-state index is 11.9. The number of nitrogens with zero attached hydrogens (tertiary/aromatic N) is 1. The van der Waals surface area contributed by atoms with Crippen LogP contribution >= 0.6 is 15.9 Å². The average Bonchev–Trinajstić information content (AvgIpc) is 2.75. The third-order valence-electron chi connectivity index (χ3n) is 3.45. The van der Waals surface area contributed by atoms with Gasteiger partial charge in [-0.05, 0) is 46.3 Å². The second-order valence-corrected chi connectivity index (χ2v) is 5.98. The average molecular weight is 297 g/mol. The molecule has 0 unspecified atom stereocenters. The number of hydrogen-bond donors (Lipinski definition) is 1. The van der Waals surface area contributed by atoms with Gasteiger partial charge in [-0.1, -0.05) is 19.8 Å². The molecule has 1 fully saturated rings. The lowest BCUT2D eigenvalue weighted by molar-refractivity contribution is 0.0929. The lowest BCUT2D eigenvalue weighted by atomic mass is 9.89. The van der Waals surface area contributed by atoms with Crippen molar-refractivity contribution in [3.05, 3.63) is 28.5 Å². The van der Waals surface area contributed by atoms with Crippen molar-refractivity contribution in [2.24, 2.45) is 5.41 Å². The highest BCUT2D eigenvalue weighted by Gasteiger charge is 2.28. The molecule has 1 aliphatic carbocycles. The predicted octanol–water partition coefficient (Wildman–Crippen LogP) is 3.15. The quantitative estimate of drug-likeness (QED) is 0.931. The van der Waals surface area contributed by atoms with Crippen LogP contribution in [0.25, 0.3) is 0 Å². The van der Waals surface area contributed by atoms with Crippen LogP contribution in [0.5, 0.6) is 0 Å². The SMILES string of the molecule is CC1(CNC(=O)c2ccc(Br)cn2)CCCC1. The summed E-state index contributed by atoms with van der Waals surface area (Å²) in [6.45, 7) is 3.00. The monoisotopic (exact) mass is 296 g/mol. The number of rotatable bonds is 3. The first-order valence-corrected chi connectivity index (χ1v) is 6.78. The molecule has 1 amide bonds. The second-order valence-electron chi connectivity index (χ2n) is 5.06. The van der Waals surface area contributed by atoms with Gasteiger partial charge in [0.05, 0.1) is 0 Å². The van der Waals surface area contributed by atoms with Gasteiger partial charge >= 0.3 is 0 Å². The van der Waals surface area contributed by atoms with Gasteiger partial charge in [-0.25, -0.2) is 4.98 Å². The zero-order valence-electron chi connectivity index (χ0n) is 10.0. The van der Waals surface area contributed by atoms with E-state index in [0.717, 1.165) is 11.0 Å². The summed E-state index contributed by atoms with van der Waals surface area (Å²) in [5.74, 6) is -0.0781. The Bertz CT molecular complexity index is 396. The van der Waals surface area contributed by atoms with Crippen LogP contribution in [0.4, 0.5) is 0 Å². The molecule has 1 aliphatic rings. The smallest absolute Gasteiger partial charge is 0.269 e. The van der Waals surface area contributed by atoms with E-state index in [1.807, 2.05) is 6.07 Å². The zero-order chi connectivity index (χ0) is 12.3. The van der Waals surface area contributed by atoms with E-state index in [0.29, 0.717) is 5.69 Å². The maximum Gasteiger partial charge on any atom is 0.269 e. The lowest BCUT2D eigenvalue weighted by Gasteiger charge is -2.23. The minimum atomic E-state index is -0.0781. The molecule has 1 heterocycles. The van der Waals surface area contributed by atoms with Crippen LogP contribution in [0, 0.1) is 5.41 Å². The van der Waals surface area contributed by atoms with Crippen LogP contribution in [0.3, 0.4) is 0 Å². The summed E-state index contributed by atoms with van der Waals surface area (Å²) < 4.78 is 0.886. The molecule has 0 radical (unpaired) electrons. The predicted molar refractivity (Wildman–Crippen MR) is 70.8 cm³/mol. The molecule has 3 nitrogen and oxygen atoms in total. The molecule has 1 aromatic rings. The Kier molecular flexibility index (Phi) is 3.82. The van der Waals surface area contributed by atoms with Gasteiger partial charge in [0.2, 0.25) is 0 Å². The molecule has 4 heteroatoms. The number of aromatic nitrogens is 1. The number of pyridine rings is 1. The van der Waals surface area contributed by atoms with Gasteiger partial charge < -0.3 is 5.32 Å². The normalized spacial score (nSPS) is 18.0. The number of nitrogens with one attached hydrogen (secondary N) is 1. The first-order valence-electron chi connectivity index (χ1n) is 5.99. The van der Waals surface area contributed by atoms with E-state index in [2.05, 4.69) is 33.2 Å². The summed E-state index contributed by atoms with van der Waals surface area (Å²) >= 11 is 3.30. The largest absolute Gasteiger partial charge is 0.350 e. The molecule has 0 aromatic carbocycles. The third kappa shape index (κ3) is 3.28. The number of carbonyl (C=O) groups is 1. The highest BCUT2D eigenvalue weighted by molar-refractivity contribution is 9.10. The highest BCUT2D eigenvalue weighted by Crippen LogP contribution is 2.36. The molecule has 0 atom stereocenters. The molecular formula is C13H17BrN2O. The van der Waals surface area contributed by atoms with Crippen molar-refractivity contribution in [3.8, 4) is 0 Å². The van der Waals surface area contributed by atoms with Crippen molar-refractivity contribution in [2.45, 2.75) is 32.6 Å². The molecule has 0 aliphatic heterocycles. The Morgan fingerprint density at radius 3 is 2.76 bits per heavy atom. The number of amides is 1. The zero-order valence-corrected chi connectivity index (χ0v) is 11.6. The van der Waals surface area contributed by atoms with Gasteiger partial charge in [-0.15, -0.1) is 0 Å². The lowest BCUT2D eigenvalue weighted by Crippen LogP contribution is -2.34. The minimum Gasteiger partial charge on any atom is -0.350 e. The van der Waals surface area contributed by atoms with E-state index < -0.39 is 0 Å². The molecule has 0 bridgehead atoms. The van der Waals surface area contributed by atoms with E-state index >= 15 is 0 Å². The van der Waals surface area contributed by atoms with E-state index in [-0.39, 0.29) is 11.3 Å². The standard InChI is InChI=1S/C13H17BrN2O/c1-13(6-2-3-7-13)9-16-12(17)11-5-4-10(14)8-15-11/h4-5,8H,2-3,6-7,9H2,1H3,(H,16,17). The molecule has 0 saturated heterocycles. The Labute approximate surface area is 110 Å². The summed E-state index contributed by atoms with van der Waals surface area (Å²) in [6.07, 6.45) is 6.63. The third-order valence-corrected chi connectivity index (χ3v) is 3.92. The van der Waals surface area contributed by atoms with Crippen LogP contribution in [0.15, 0.2) is 22.8 Å². The van der Waals surface area contributed by atoms with Crippen molar-refractivity contribution in [1.29, 1.82) is 0 Å². The van der Waals surface area contributed by atoms with Crippen LogP contribution in [0.1, 0.15) is 43.1 Å². The molecule has 1 N–H and O–H groups in total. The van der Waals surface area contributed by atoms with Gasteiger partial charge in [0, 0.05) is 17.2 Å². The van der Waals surface area contributed by atoms with Crippen LogP contribution in [0.2, 0.25) is 0 Å². The highest BCUT2D eigenvalue weighted by atomic mass is 79.9.